The van der Waals surface area contributed by atoms with Gasteiger partial charge in [-0.1, -0.05) is 6.42 Å². The van der Waals surface area contributed by atoms with E-state index in [0.717, 1.165) is 30.5 Å². The van der Waals surface area contributed by atoms with Crippen LogP contribution >= 0.6 is 0 Å². The molecule has 6 heteroatoms. The maximum atomic E-state index is 5.44. The minimum absolute atomic E-state index is 0.517. The minimum atomic E-state index is 0.517. The highest BCUT2D eigenvalue weighted by atomic mass is 16.5. The molecule has 1 aromatic rings. The van der Waals surface area contributed by atoms with Crippen molar-refractivity contribution in [3.63, 3.8) is 0 Å². The van der Waals surface area contributed by atoms with Crippen molar-refractivity contribution in [2.45, 2.75) is 45.6 Å². The SMILES string of the molecule is CCNC(=NCc1cc(OC)c(OC)c(OC)c1)NCC1(C2CC2)CCC1. The van der Waals surface area contributed by atoms with Crippen molar-refractivity contribution < 1.29 is 14.2 Å². The first kappa shape index (κ1) is 19.6. The molecule has 0 aromatic heterocycles. The van der Waals surface area contributed by atoms with E-state index in [1.807, 2.05) is 12.1 Å². The molecular formula is C21H33N3O3. The normalized spacial score (nSPS) is 18.4. The molecule has 2 aliphatic rings. The van der Waals surface area contributed by atoms with Gasteiger partial charge in [0.1, 0.15) is 0 Å². The fourth-order valence-corrected chi connectivity index (χ4v) is 4.05. The van der Waals surface area contributed by atoms with Gasteiger partial charge in [0, 0.05) is 13.1 Å². The summed E-state index contributed by atoms with van der Waals surface area (Å²) in [5, 5.41) is 6.95. The topological polar surface area (TPSA) is 64.1 Å². The molecule has 0 heterocycles. The van der Waals surface area contributed by atoms with E-state index in [1.165, 1.54) is 32.1 Å². The number of rotatable bonds is 9. The third kappa shape index (κ3) is 4.42. The quantitative estimate of drug-likeness (QED) is 0.512. The Bertz CT molecular complexity index is 642. The third-order valence-electron chi connectivity index (χ3n) is 5.89. The fourth-order valence-electron chi connectivity index (χ4n) is 4.05. The molecule has 3 rings (SSSR count). The van der Waals surface area contributed by atoms with Gasteiger partial charge in [-0.05, 0) is 61.6 Å². The number of benzene rings is 1. The second-order valence-corrected chi connectivity index (χ2v) is 7.57. The van der Waals surface area contributed by atoms with E-state index in [9.17, 15) is 0 Å². The van der Waals surface area contributed by atoms with E-state index in [0.29, 0.717) is 29.2 Å². The molecule has 0 unspecified atom stereocenters. The van der Waals surface area contributed by atoms with Crippen LogP contribution in [0, 0.1) is 11.3 Å². The molecule has 150 valence electrons. The van der Waals surface area contributed by atoms with Gasteiger partial charge in [-0.2, -0.15) is 0 Å². The molecule has 0 atom stereocenters. The Kier molecular flexibility index (Phi) is 6.34. The van der Waals surface area contributed by atoms with Crippen molar-refractivity contribution in [3.8, 4) is 17.2 Å². The van der Waals surface area contributed by atoms with Crippen LogP contribution in [0.15, 0.2) is 17.1 Å². The van der Waals surface area contributed by atoms with Gasteiger partial charge in [0.25, 0.3) is 0 Å². The fraction of sp³-hybridized carbons (Fsp3) is 0.667. The predicted molar refractivity (Wildman–Crippen MR) is 108 cm³/mol. The number of aliphatic imine (C=N–C) groups is 1. The number of nitrogens with one attached hydrogen (secondary N) is 2. The van der Waals surface area contributed by atoms with Gasteiger partial charge in [0.15, 0.2) is 17.5 Å². The lowest BCUT2D eigenvalue weighted by Gasteiger charge is -2.43. The summed E-state index contributed by atoms with van der Waals surface area (Å²) in [6.07, 6.45) is 6.90. The number of methoxy groups -OCH3 is 3. The average Bonchev–Trinajstić information content (AvgIpc) is 3.49. The molecule has 2 aliphatic carbocycles. The summed E-state index contributed by atoms with van der Waals surface area (Å²) in [6, 6.07) is 3.90. The number of guanidine groups is 1. The Hall–Kier alpha value is -2.11. The van der Waals surface area contributed by atoms with Gasteiger partial charge in [-0.3, -0.25) is 0 Å². The number of hydrogen-bond donors (Lipinski definition) is 2. The van der Waals surface area contributed by atoms with E-state index in [1.54, 1.807) is 21.3 Å². The van der Waals surface area contributed by atoms with Crippen LogP contribution in [0.3, 0.4) is 0 Å². The highest BCUT2D eigenvalue weighted by molar-refractivity contribution is 5.79. The third-order valence-corrected chi connectivity index (χ3v) is 5.89. The maximum Gasteiger partial charge on any atom is 0.203 e. The number of hydrogen-bond acceptors (Lipinski definition) is 4. The molecule has 1 aromatic carbocycles. The molecule has 0 saturated heterocycles. The summed E-state index contributed by atoms with van der Waals surface area (Å²) in [5.41, 5.74) is 1.53. The monoisotopic (exact) mass is 375 g/mol. The van der Waals surface area contributed by atoms with Gasteiger partial charge >= 0.3 is 0 Å². The summed E-state index contributed by atoms with van der Waals surface area (Å²) >= 11 is 0. The average molecular weight is 376 g/mol. The molecule has 2 saturated carbocycles. The lowest BCUT2D eigenvalue weighted by atomic mass is 9.65. The van der Waals surface area contributed by atoms with E-state index >= 15 is 0 Å². The molecule has 0 bridgehead atoms. The second kappa shape index (κ2) is 8.72. The van der Waals surface area contributed by atoms with Crippen molar-refractivity contribution in [3.05, 3.63) is 17.7 Å². The highest BCUT2D eigenvalue weighted by Crippen LogP contribution is 2.56. The smallest absolute Gasteiger partial charge is 0.203 e. The van der Waals surface area contributed by atoms with Crippen LogP contribution in [0.2, 0.25) is 0 Å². The summed E-state index contributed by atoms with van der Waals surface area (Å²) < 4.78 is 16.3. The molecule has 0 aliphatic heterocycles. The van der Waals surface area contributed by atoms with E-state index in [-0.39, 0.29) is 0 Å². The molecular weight excluding hydrogens is 342 g/mol. The van der Waals surface area contributed by atoms with Crippen LogP contribution in [0.25, 0.3) is 0 Å². The Balaban J connectivity index is 1.69. The predicted octanol–water partition coefficient (Wildman–Crippen LogP) is 3.35. The largest absolute Gasteiger partial charge is 0.493 e. The molecule has 6 nitrogen and oxygen atoms in total. The van der Waals surface area contributed by atoms with Crippen molar-refractivity contribution >= 4 is 5.96 Å². The Morgan fingerprint density at radius 2 is 1.74 bits per heavy atom. The van der Waals surface area contributed by atoms with Crippen LogP contribution in [-0.2, 0) is 6.54 Å². The van der Waals surface area contributed by atoms with Crippen LogP contribution in [0.4, 0.5) is 0 Å². The first-order valence-corrected chi connectivity index (χ1v) is 9.97. The van der Waals surface area contributed by atoms with Gasteiger partial charge < -0.3 is 24.8 Å². The zero-order valence-electron chi connectivity index (χ0n) is 17.1. The Labute approximate surface area is 162 Å². The first-order valence-electron chi connectivity index (χ1n) is 9.97. The van der Waals surface area contributed by atoms with Gasteiger partial charge in [0.05, 0.1) is 27.9 Å². The zero-order chi connectivity index (χ0) is 19.3. The maximum absolute atomic E-state index is 5.44. The molecule has 27 heavy (non-hydrogen) atoms. The van der Waals surface area contributed by atoms with Gasteiger partial charge in [-0.25, -0.2) is 4.99 Å². The number of nitrogens with zero attached hydrogens (tertiary/aromatic N) is 1. The van der Waals surface area contributed by atoms with Crippen LogP contribution < -0.4 is 24.8 Å². The van der Waals surface area contributed by atoms with E-state index < -0.39 is 0 Å². The zero-order valence-corrected chi connectivity index (χ0v) is 17.1. The first-order chi connectivity index (χ1) is 13.2. The Morgan fingerprint density at radius 3 is 2.19 bits per heavy atom. The standard InChI is InChI=1S/C21H33N3O3/c1-5-22-20(24-14-21(9-6-10-21)16-7-8-16)23-13-15-11-17(25-2)19(27-4)18(12-15)26-3/h11-12,16H,5-10,13-14H2,1-4H3,(H2,22,23,24). The van der Waals surface area contributed by atoms with Crippen molar-refractivity contribution in [1.82, 2.24) is 10.6 Å². The van der Waals surface area contributed by atoms with Crippen LogP contribution in [0.5, 0.6) is 17.2 Å². The van der Waals surface area contributed by atoms with Crippen molar-refractivity contribution in [2.24, 2.45) is 16.3 Å². The summed E-state index contributed by atoms with van der Waals surface area (Å²) in [6.45, 7) is 4.51. The molecule has 2 N–H and O–H groups in total. The highest BCUT2D eigenvalue weighted by Gasteiger charge is 2.48. The van der Waals surface area contributed by atoms with Crippen LogP contribution in [0.1, 0.15) is 44.6 Å². The Morgan fingerprint density at radius 1 is 1.07 bits per heavy atom. The van der Waals surface area contributed by atoms with E-state index in [4.69, 9.17) is 19.2 Å². The van der Waals surface area contributed by atoms with Gasteiger partial charge in [0.2, 0.25) is 5.75 Å². The van der Waals surface area contributed by atoms with Crippen molar-refractivity contribution in [2.75, 3.05) is 34.4 Å². The number of ether oxygens (including phenoxy) is 3. The molecule has 0 amide bonds. The second-order valence-electron chi connectivity index (χ2n) is 7.57. The van der Waals surface area contributed by atoms with E-state index in [2.05, 4.69) is 17.6 Å². The molecule has 0 spiro atoms. The lowest BCUT2D eigenvalue weighted by molar-refractivity contribution is 0.106. The van der Waals surface area contributed by atoms with Crippen molar-refractivity contribution in [1.29, 1.82) is 0 Å². The summed E-state index contributed by atoms with van der Waals surface area (Å²) in [7, 11) is 4.87. The minimum Gasteiger partial charge on any atom is -0.493 e. The van der Waals surface area contributed by atoms with Crippen LogP contribution in [-0.4, -0.2) is 40.4 Å². The summed E-state index contributed by atoms with van der Waals surface area (Å²) in [4.78, 5) is 4.77. The lowest BCUT2D eigenvalue weighted by Crippen LogP contribution is -2.47. The summed E-state index contributed by atoms with van der Waals surface area (Å²) in [5.74, 6) is 3.72. The molecule has 0 radical (unpaired) electrons. The van der Waals surface area contributed by atoms with Gasteiger partial charge in [-0.15, -0.1) is 0 Å². The molecule has 2 fully saturated rings.